The molecule has 0 atom stereocenters. The first-order valence-electron chi connectivity index (χ1n) is 10.4. The van der Waals surface area contributed by atoms with E-state index in [1.165, 1.54) is 28.0 Å². The zero-order chi connectivity index (χ0) is 23.4. The lowest BCUT2D eigenvalue weighted by Crippen LogP contribution is -2.45. The highest BCUT2D eigenvalue weighted by atomic mass is 16.6. The van der Waals surface area contributed by atoms with E-state index in [4.69, 9.17) is 9.26 Å². The van der Waals surface area contributed by atoms with Crippen LogP contribution < -0.4 is 9.64 Å². The van der Waals surface area contributed by atoms with Gasteiger partial charge in [0.05, 0.1) is 10.6 Å². The number of nitrogens with zero attached hydrogens (tertiary/aromatic N) is 4. The molecule has 170 valence electrons. The van der Waals surface area contributed by atoms with Crippen molar-refractivity contribution in [1.82, 2.24) is 10.1 Å². The maximum Gasteiger partial charge on any atom is 0.271 e. The Bertz CT molecular complexity index is 1180. The van der Waals surface area contributed by atoms with Gasteiger partial charge in [-0.3, -0.25) is 24.6 Å². The minimum atomic E-state index is -0.557. The lowest BCUT2D eigenvalue weighted by Gasteiger charge is -2.30. The van der Waals surface area contributed by atoms with E-state index in [1.54, 1.807) is 7.05 Å². The summed E-state index contributed by atoms with van der Waals surface area (Å²) in [7, 11) is 1.65. The van der Waals surface area contributed by atoms with Crippen molar-refractivity contribution in [1.29, 1.82) is 0 Å². The summed E-state index contributed by atoms with van der Waals surface area (Å²) in [6.07, 6.45) is 1.24. The normalized spacial score (nSPS) is 12.8. The Hall–Kier alpha value is -4.21. The summed E-state index contributed by atoms with van der Waals surface area (Å²) < 4.78 is 10.7. The topological polar surface area (TPSA) is 119 Å². The van der Waals surface area contributed by atoms with Gasteiger partial charge in [0.1, 0.15) is 23.7 Å². The number of rotatable bonds is 8. The fourth-order valence-corrected chi connectivity index (χ4v) is 3.52. The molecule has 0 saturated heterocycles. The molecule has 0 saturated carbocycles. The second-order valence-electron chi connectivity index (χ2n) is 7.64. The Morgan fingerprint density at radius 3 is 2.76 bits per heavy atom. The Kier molecular flexibility index (Phi) is 6.34. The molecule has 33 heavy (non-hydrogen) atoms. The quantitative estimate of drug-likeness (QED) is 0.382. The molecule has 0 unspecified atom stereocenters. The number of anilines is 1. The number of nitro groups is 1. The lowest BCUT2D eigenvalue weighted by atomic mass is 10.1. The van der Waals surface area contributed by atoms with Gasteiger partial charge in [-0.15, -0.1) is 0 Å². The van der Waals surface area contributed by atoms with Crippen LogP contribution in [0.2, 0.25) is 0 Å². The molecular weight excluding hydrogens is 428 g/mol. The molecule has 0 radical (unpaired) electrons. The maximum absolute atomic E-state index is 12.7. The van der Waals surface area contributed by atoms with Crippen molar-refractivity contribution in [3.63, 3.8) is 0 Å². The number of hydrogen-bond acceptors (Lipinski definition) is 7. The smallest absolute Gasteiger partial charge is 0.271 e. The van der Waals surface area contributed by atoms with E-state index in [0.29, 0.717) is 25.1 Å². The zero-order valence-corrected chi connectivity index (χ0v) is 18.0. The molecule has 0 spiro atoms. The van der Waals surface area contributed by atoms with Crippen molar-refractivity contribution >= 4 is 23.2 Å². The molecule has 0 fully saturated rings. The largest absolute Gasteiger partial charge is 0.482 e. The van der Waals surface area contributed by atoms with E-state index in [2.05, 4.69) is 5.16 Å². The molecule has 0 aliphatic carbocycles. The average Bonchev–Trinajstić information content (AvgIpc) is 3.30. The molecule has 0 bridgehead atoms. The third kappa shape index (κ3) is 5.00. The number of aryl methyl sites for hydroxylation is 1. The van der Waals surface area contributed by atoms with Gasteiger partial charge >= 0.3 is 0 Å². The van der Waals surface area contributed by atoms with Gasteiger partial charge in [0.25, 0.3) is 11.6 Å². The molecule has 1 aliphatic heterocycles. The Morgan fingerprint density at radius 1 is 1.21 bits per heavy atom. The van der Waals surface area contributed by atoms with Crippen LogP contribution in [-0.2, 0) is 16.0 Å². The lowest BCUT2D eigenvalue weighted by molar-refractivity contribution is -0.384. The second-order valence-corrected chi connectivity index (χ2v) is 7.64. The number of carbonyl (C=O) groups excluding carboxylic acids is 2. The second kappa shape index (κ2) is 9.51. The van der Waals surface area contributed by atoms with Crippen LogP contribution in [0.3, 0.4) is 0 Å². The fourth-order valence-electron chi connectivity index (χ4n) is 3.52. The monoisotopic (exact) mass is 450 g/mol. The minimum absolute atomic E-state index is 0.181. The number of hydrogen-bond donors (Lipinski definition) is 0. The predicted molar refractivity (Wildman–Crippen MR) is 119 cm³/mol. The summed E-state index contributed by atoms with van der Waals surface area (Å²) in [5, 5.41) is 15.2. The summed E-state index contributed by atoms with van der Waals surface area (Å²) in [5.74, 6) is 0.333. The van der Waals surface area contributed by atoms with Crippen LogP contribution in [0.5, 0.6) is 5.75 Å². The highest BCUT2D eigenvalue weighted by Crippen LogP contribution is 2.35. The summed E-state index contributed by atoms with van der Waals surface area (Å²) in [6, 6.07) is 15.6. The molecule has 4 rings (SSSR count). The Morgan fingerprint density at radius 2 is 2.00 bits per heavy atom. The number of carbonyl (C=O) groups is 2. The molecule has 3 aromatic rings. The molecule has 2 heterocycles. The standard InChI is InChI=1S/C23H22N4O6/c1-25(11-5-8-18-13-19(24-33-18)16-6-3-2-4-7-16)22(28)14-26-20-12-17(27(30)31)9-10-21(20)32-15-23(26)29/h2-4,6-7,9-10,12-13H,5,8,11,14-15H2,1H3. The average molecular weight is 450 g/mol. The highest BCUT2D eigenvalue weighted by Gasteiger charge is 2.30. The van der Waals surface area contributed by atoms with E-state index in [-0.39, 0.29) is 30.4 Å². The number of fused-ring (bicyclic) bond motifs is 1. The zero-order valence-electron chi connectivity index (χ0n) is 18.0. The van der Waals surface area contributed by atoms with Gasteiger partial charge in [-0.1, -0.05) is 35.5 Å². The molecule has 2 aromatic carbocycles. The van der Waals surface area contributed by atoms with E-state index >= 15 is 0 Å². The Labute approximate surface area is 189 Å². The Balaban J connectivity index is 1.34. The van der Waals surface area contributed by atoms with Crippen molar-refractivity contribution in [2.24, 2.45) is 0 Å². The number of likely N-dealkylation sites (N-methyl/N-ethyl adjacent to an activating group) is 1. The van der Waals surface area contributed by atoms with Gasteiger partial charge in [0.2, 0.25) is 5.91 Å². The first-order valence-corrected chi connectivity index (χ1v) is 10.4. The number of ether oxygens (including phenoxy) is 1. The minimum Gasteiger partial charge on any atom is -0.482 e. The van der Waals surface area contributed by atoms with Crippen molar-refractivity contribution in [2.75, 3.05) is 31.6 Å². The molecular formula is C23H22N4O6. The fraction of sp³-hybridized carbons (Fsp3) is 0.261. The number of amides is 2. The van der Waals surface area contributed by atoms with Crippen LogP contribution in [0.1, 0.15) is 12.2 Å². The van der Waals surface area contributed by atoms with Gasteiger partial charge in [0.15, 0.2) is 6.61 Å². The molecule has 10 heteroatoms. The summed E-state index contributed by atoms with van der Waals surface area (Å²) >= 11 is 0. The first kappa shape index (κ1) is 22.0. The molecule has 1 aromatic heterocycles. The maximum atomic E-state index is 12.7. The van der Waals surface area contributed by atoms with E-state index in [0.717, 1.165) is 17.0 Å². The number of nitro benzene ring substituents is 1. The van der Waals surface area contributed by atoms with Crippen molar-refractivity contribution < 1.29 is 23.8 Å². The summed E-state index contributed by atoms with van der Waals surface area (Å²) in [4.78, 5) is 38.4. The van der Waals surface area contributed by atoms with Gasteiger partial charge < -0.3 is 14.2 Å². The van der Waals surface area contributed by atoms with Gasteiger partial charge in [-0.2, -0.15) is 0 Å². The van der Waals surface area contributed by atoms with Gasteiger partial charge in [0, 0.05) is 43.8 Å². The predicted octanol–water partition coefficient (Wildman–Crippen LogP) is 3.07. The molecule has 1 aliphatic rings. The van der Waals surface area contributed by atoms with Crippen molar-refractivity contribution in [2.45, 2.75) is 12.8 Å². The first-order chi connectivity index (χ1) is 15.9. The van der Waals surface area contributed by atoms with Gasteiger partial charge in [-0.25, -0.2) is 0 Å². The van der Waals surface area contributed by atoms with Crippen molar-refractivity contribution in [3.05, 3.63) is 70.5 Å². The van der Waals surface area contributed by atoms with Crippen LogP contribution in [0, 0.1) is 10.1 Å². The van der Waals surface area contributed by atoms with Crippen LogP contribution in [0.4, 0.5) is 11.4 Å². The molecule has 2 amide bonds. The van der Waals surface area contributed by atoms with E-state index in [9.17, 15) is 19.7 Å². The number of aromatic nitrogens is 1. The summed E-state index contributed by atoms with van der Waals surface area (Å²) in [5.41, 5.74) is 1.76. The van der Waals surface area contributed by atoms with Crippen LogP contribution >= 0.6 is 0 Å². The summed E-state index contributed by atoms with van der Waals surface area (Å²) in [6.45, 7) is -0.00903. The number of non-ortho nitro benzene ring substituents is 1. The van der Waals surface area contributed by atoms with Crippen LogP contribution in [-0.4, -0.2) is 53.5 Å². The van der Waals surface area contributed by atoms with E-state index < -0.39 is 10.8 Å². The third-order valence-electron chi connectivity index (χ3n) is 5.36. The third-order valence-corrected chi connectivity index (χ3v) is 5.36. The SMILES string of the molecule is CN(CCCc1cc(-c2ccccc2)no1)C(=O)CN1C(=O)COc2ccc([N+](=O)[O-])cc21. The molecule has 0 N–H and O–H groups in total. The van der Waals surface area contributed by atoms with Crippen molar-refractivity contribution in [3.8, 4) is 17.0 Å². The highest BCUT2D eigenvalue weighted by molar-refractivity contribution is 6.02. The van der Waals surface area contributed by atoms with Crippen LogP contribution in [0.25, 0.3) is 11.3 Å². The number of benzene rings is 2. The molecule has 10 nitrogen and oxygen atoms in total. The van der Waals surface area contributed by atoms with Crippen LogP contribution in [0.15, 0.2) is 59.1 Å². The van der Waals surface area contributed by atoms with E-state index in [1.807, 2.05) is 36.4 Å². The van der Waals surface area contributed by atoms with Gasteiger partial charge in [-0.05, 0) is 12.5 Å².